The number of amides is 1. The normalized spacial score (nSPS) is 18.1. The molecule has 0 saturated carbocycles. The smallest absolute Gasteiger partial charge is 0.307 e. The number of esters is 1. The van der Waals surface area contributed by atoms with Crippen molar-refractivity contribution >= 4 is 17.5 Å². The summed E-state index contributed by atoms with van der Waals surface area (Å²) in [4.78, 5) is 26.4. The van der Waals surface area contributed by atoms with Crippen molar-refractivity contribution in [3.63, 3.8) is 0 Å². The van der Waals surface area contributed by atoms with Gasteiger partial charge in [-0.15, -0.1) is 5.10 Å². The Hall–Kier alpha value is -2.51. The number of hydrogen-bond donors (Lipinski definition) is 0. The first kappa shape index (κ1) is 15.4. The maximum absolute atomic E-state index is 12.8. The number of aromatic nitrogens is 4. The zero-order chi connectivity index (χ0) is 16.2. The van der Waals surface area contributed by atoms with Gasteiger partial charge in [0, 0.05) is 24.3 Å². The summed E-state index contributed by atoms with van der Waals surface area (Å²) in [6.07, 6.45) is 4.68. The van der Waals surface area contributed by atoms with E-state index < -0.39 is 0 Å². The van der Waals surface area contributed by atoms with E-state index in [2.05, 4.69) is 15.5 Å². The monoisotopic (exact) mass is 317 g/mol. The minimum atomic E-state index is -0.255. The summed E-state index contributed by atoms with van der Waals surface area (Å²) in [5, 5.41) is 11.2. The topological polar surface area (TPSA) is 89.7 Å². The third-order valence-corrected chi connectivity index (χ3v) is 4.04. The van der Waals surface area contributed by atoms with Crippen molar-refractivity contribution in [2.75, 3.05) is 13.2 Å². The molecule has 0 spiro atoms. The van der Waals surface area contributed by atoms with E-state index in [4.69, 9.17) is 4.74 Å². The standard InChI is InChI=1S/C15H19N5O3/c1-2-23-14(21)10-12-5-3-4-7-19(12)15(22)11-6-8-20-13(9-11)16-17-18-20/h6,8-9,12H,2-5,7,10H2,1H3/t12-/m1/s1. The molecule has 1 aliphatic heterocycles. The summed E-state index contributed by atoms with van der Waals surface area (Å²) in [5.74, 6) is -0.348. The first-order valence-corrected chi connectivity index (χ1v) is 7.83. The quantitative estimate of drug-likeness (QED) is 0.784. The highest BCUT2D eigenvalue weighted by Crippen LogP contribution is 2.22. The van der Waals surface area contributed by atoms with Gasteiger partial charge < -0.3 is 9.64 Å². The second kappa shape index (κ2) is 6.72. The minimum Gasteiger partial charge on any atom is -0.466 e. The molecule has 8 heteroatoms. The van der Waals surface area contributed by atoms with Crippen molar-refractivity contribution < 1.29 is 14.3 Å². The number of fused-ring (bicyclic) bond motifs is 1. The number of carbonyl (C=O) groups excluding carboxylic acids is 2. The van der Waals surface area contributed by atoms with Crippen molar-refractivity contribution in [2.45, 2.75) is 38.6 Å². The van der Waals surface area contributed by atoms with Crippen LogP contribution in [-0.2, 0) is 9.53 Å². The number of tetrazole rings is 1. The molecule has 2 aromatic heterocycles. The lowest BCUT2D eigenvalue weighted by Crippen LogP contribution is -2.45. The summed E-state index contributed by atoms with van der Waals surface area (Å²) in [7, 11) is 0. The molecule has 1 amide bonds. The molecular formula is C15H19N5O3. The Balaban J connectivity index is 1.78. The van der Waals surface area contributed by atoms with Crippen LogP contribution in [0.15, 0.2) is 18.3 Å². The highest BCUT2D eigenvalue weighted by molar-refractivity contribution is 5.95. The fraction of sp³-hybridized carbons (Fsp3) is 0.533. The van der Waals surface area contributed by atoms with Gasteiger partial charge in [0.25, 0.3) is 5.91 Å². The molecule has 3 heterocycles. The molecule has 1 fully saturated rings. The Kier molecular flexibility index (Phi) is 4.50. The van der Waals surface area contributed by atoms with Crippen LogP contribution in [0, 0.1) is 0 Å². The second-order valence-corrected chi connectivity index (χ2v) is 5.55. The number of rotatable bonds is 4. The average Bonchev–Trinajstić information content (AvgIpc) is 3.02. The lowest BCUT2D eigenvalue weighted by Gasteiger charge is -2.35. The highest BCUT2D eigenvalue weighted by atomic mass is 16.5. The summed E-state index contributed by atoms with van der Waals surface area (Å²) in [6.45, 7) is 2.79. The first-order chi connectivity index (χ1) is 11.2. The van der Waals surface area contributed by atoms with E-state index >= 15 is 0 Å². The highest BCUT2D eigenvalue weighted by Gasteiger charge is 2.29. The van der Waals surface area contributed by atoms with Gasteiger partial charge >= 0.3 is 5.97 Å². The Morgan fingerprint density at radius 3 is 3.09 bits per heavy atom. The van der Waals surface area contributed by atoms with Crippen LogP contribution in [0.4, 0.5) is 0 Å². The molecule has 1 aliphatic rings. The Morgan fingerprint density at radius 2 is 2.26 bits per heavy atom. The molecular weight excluding hydrogens is 298 g/mol. The van der Waals surface area contributed by atoms with Gasteiger partial charge in [-0.25, -0.2) is 4.52 Å². The van der Waals surface area contributed by atoms with E-state index in [0.717, 1.165) is 19.3 Å². The van der Waals surface area contributed by atoms with Crippen LogP contribution in [0.3, 0.4) is 0 Å². The maximum atomic E-state index is 12.8. The SMILES string of the molecule is CCOC(=O)C[C@H]1CCCCN1C(=O)c1ccn2nnnc2c1. The number of ether oxygens (including phenoxy) is 1. The summed E-state index contributed by atoms with van der Waals surface area (Å²) < 4.78 is 6.52. The predicted octanol–water partition coefficient (Wildman–Crippen LogP) is 1.07. The van der Waals surface area contributed by atoms with E-state index in [-0.39, 0.29) is 24.3 Å². The molecule has 0 aromatic carbocycles. The third-order valence-electron chi connectivity index (χ3n) is 4.04. The van der Waals surface area contributed by atoms with Crippen molar-refractivity contribution in [3.05, 3.63) is 23.9 Å². The average molecular weight is 317 g/mol. The van der Waals surface area contributed by atoms with E-state index in [1.54, 1.807) is 30.2 Å². The fourth-order valence-corrected chi connectivity index (χ4v) is 2.93. The van der Waals surface area contributed by atoms with Crippen LogP contribution in [0.5, 0.6) is 0 Å². The summed E-state index contributed by atoms with van der Waals surface area (Å²) >= 11 is 0. The lowest BCUT2D eigenvalue weighted by atomic mass is 9.98. The van der Waals surface area contributed by atoms with Gasteiger partial charge in [0.15, 0.2) is 5.65 Å². The van der Waals surface area contributed by atoms with Gasteiger partial charge in [-0.3, -0.25) is 9.59 Å². The Bertz CT molecular complexity index is 714. The zero-order valence-electron chi connectivity index (χ0n) is 13.0. The van der Waals surface area contributed by atoms with Crippen LogP contribution in [-0.4, -0.2) is 56.0 Å². The van der Waals surface area contributed by atoms with Crippen molar-refractivity contribution in [2.24, 2.45) is 0 Å². The second-order valence-electron chi connectivity index (χ2n) is 5.55. The molecule has 23 heavy (non-hydrogen) atoms. The first-order valence-electron chi connectivity index (χ1n) is 7.83. The number of hydrogen-bond acceptors (Lipinski definition) is 6. The zero-order valence-corrected chi connectivity index (χ0v) is 13.0. The summed E-state index contributed by atoms with van der Waals surface area (Å²) in [6, 6.07) is 3.25. The van der Waals surface area contributed by atoms with Gasteiger partial charge in [0.05, 0.1) is 13.0 Å². The molecule has 0 N–H and O–H groups in total. The predicted molar refractivity (Wildman–Crippen MR) is 80.7 cm³/mol. The van der Waals surface area contributed by atoms with Crippen LogP contribution in [0.1, 0.15) is 43.0 Å². The van der Waals surface area contributed by atoms with Gasteiger partial charge in [-0.2, -0.15) is 0 Å². The third kappa shape index (κ3) is 3.30. The summed E-state index contributed by atoms with van der Waals surface area (Å²) in [5.41, 5.74) is 1.05. The lowest BCUT2D eigenvalue weighted by molar-refractivity contribution is -0.144. The number of likely N-dealkylation sites (tertiary alicyclic amines) is 1. The number of pyridine rings is 1. The number of nitrogens with zero attached hydrogens (tertiary/aromatic N) is 5. The molecule has 2 aromatic rings. The molecule has 1 atom stereocenters. The number of piperidine rings is 1. The molecule has 3 rings (SSSR count). The van der Waals surface area contributed by atoms with Crippen molar-refractivity contribution in [1.82, 2.24) is 24.9 Å². The Labute approximate surface area is 133 Å². The van der Waals surface area contributed by atoms with E-state index in [1.807, 2.05) is 0 Å². The van der Waals surface area contributed by atoms with Crippen molar-refractivity contribution in [3.8, 4) is 0 Å². The minimum absolute atomic E-state index is 0.0931. The van der Waals surface area contributed by atoms with Gasteiger partial charge in [0.1, 0.15) is 0 Å². The van der Waals surface area contributed by atoms with E-state index in [0.29, 0.717) is 24.4 Å². The van der Waals surface area contributed by atoms with Crippen LogP contribution in [0.25, 0.3) is 5.65 Å². The molecule has 8 nitrogen and oxygen atoms in total. The molecule has 0 radical (unpaired) electrons. The van der Waals surface area contributed by atoms with Crippen LogP contribution >= 0.6 is 0 Å². The van der Waals surface area contributed by atoms with Gasteiger partial charge in [-0.1, -0.05) is 0 Å². The van der Waals surface area contributed by atoms with E-state index in [9.17, 15) is 9.59 Å². The van der Waals surface area contributed by atoms with Gasteiger partial charge in [-0.05, 0) is 48.7 Å². The molecule has 122 valence electrons. The van der Waals surface area contributed by atoms with E-state index in [1.165, 1.54) is 4.52 Å². The largest absolute Gasteiger partial charge is 0.466 e. The van der Waals surface area contributed by atoms with Crippen LogP contribution in [0.2, 0.25) is 0 Å². The van der Waals surface area contributed by atoms with Crippen molar-refractivity contribution in [1.29, 1.82) is 0 Å². The van der Waals surface area contributed by atoms with Gasteiger partial charge in [0.2, 0.25) is 0 Å². The Morgan fingerprint density at radius 1 is 1.39 bits per heavy atom. The molecule has 1 saturated heterocycles. The fourth-order valence-electron chi connectivity index (χ4n) is 2.93. The molecule has 0 bridgehead atoms. The van der Waals surface area contributed by atoms with Crippen LogP contribution < -0.4 is 0 Å². The number of carbonyl (C=O) groups is 2. The molecule has 0 aliphatic carbocycles. The maximum Gasteiger partial charge on any atom is 0.307 e. The molecule has 0 unspecified atom stereocenters.